The Bertz CT molecular complexity index is 635. The number of amides is 1. The van der Waals surface area contributed by atoms with Gasteiger partial charge >= 0.3 is 5.97 Å². The fourth-order valence-corrected chi connectivity index (χ4v) is 1.38. The van der Waals surface area contributed by atoms with E-state index in [1.54, 1.807) is 6.92 Å². The van der Waals surface area contributed by atoms with Crippen LogP contribution in [0.5, 0.6) is 0 Å². The molecule has 0 unspecified atom stereocenters. The van der Waals surface area contributed by atoms with Crippen LogP contribution in [0.3, 0.4) is 0 Å². The van der Waals surface area contributed by atoms with Crippen molar-refractivity contribution >= 4 is 17.6 Å². The fraction of sp³-hybridized carbons (Fsp3) is 0.273. The molecule has 11 nitrogen and oxygen atoms in total. The highest BCUT2D eigenvalue weighted by atomic mass is 16.7. The molecule has 2 aromatic rings. The Hall–Kier alpha value is -3.24. The van der Waals surface area contributed by atoms with E-state index in [0.29, 0.717) is 5.69 Å². The van der Waals surface area contributed by atoms with Gasteiger partial charge in [0.1, 0.15) is 0 Å². The lowest BCUT2D eigenvalue weighted by molar-refractivity contribution is -0.148. The van der Waals surface area contributed by atoms with Gasteiger partial charge in [0.05, 0.1) is 24.7 Å². The average molecular weight is 307 g/mol. The SMILES string of the molecule is CCOC(=O)CO/N=C(/C(=O)Nn1ccnn1)c1ccn[nH]1. The van der Waals surface area contributed by atoms with E-state index in [1.165, 1.54) is 24.7 Å². The van der Waals surface area contributed by atoms with Gasteiger partial charge in [-0.2, -0.15) is 9.89 Å². The Kier molecular flexibility index (Phi) is 5.18. The Balaban J connectivity index is 2.06. The van der Waals surface area contributed by atoms with Crippen LogP contribution in [0.2, 0.25) is 0 Å². The quantitative estimate of drug-likeness (QED) is 0.382. The van der Waals surface area contributed by atoms with Gasteiger partial charge in [0.25, 0.3) is 5.91 Å². The van der Waals surface area contributed by atoms with Gasteiger partial charge in [-0.15, -0.1) is 5.10 Å². The summed E-state index contributed by atoms with van der Waals surface area (Å²) in [6.07, 6.45) is 4.27. The van der Waals surface area contributed by atoms with Crippen LogP contribution in [-0.2, 0) is 19.2 Å². The third-order valence-electron chi connectivity index (χ3n) is 2.25. The highest BCUT2D eigenvalue weighted by molar-refractivity contribution is 6.47. The Labute approximate surface area is 124 Å². The number of aromatic amines is 1. The number of aromatic nitrogens is 5. The van der Waals surface area contributed by atoms with E-state index in [9.17, 15) is 9.59 Å². The number of H-pyrrole nitrogens is 1. The van der Waals surface area contributed by atoms with Gasteiger partial charge in [-0.05, 0) is 18.2 Å². The van der Waals surface area contributed by atoms with Gasteiger partial charge in [-0.25, -0.2) is 10.2 Å². The minimum Gasteiger partial charge on any atom is -0.463 e. The molecular formula is C11H13N7O4. The number of oxime groups is 1. The number of nitrogens with one attached hydrogen (secondary N) is 2. The van der Waals surface area contributed by atoms with Gasteiger partial charge < -0.3 is 9.57 Å². The van der Waals surface area contributed by atoms with E-state index < -0.39 is 18.5 Å². The monoisotopic (exact) mass is 307 g/mol. The number of ether oxygens (including phenoxy) is 1. The van der Waals surface area contributed by atoms with E-state index in [-0.39, 0.29) is 12.3 Å². The lowest BCUT2D eigenvalue weighted by Crippen LogP contribution is -2.31. The van der Waals surface area contributed by atoms with Gasteiger partial charge in [0, 0.05) is 6.20 Å². The number of carbonyl (C=O) groups is 2. The van der Waals surface area contributed by atoms with Crippen LogP contribution < -0.4 is 5.43 Å². The van der Waals surface area contributed by atoms with Gasteiger partial charge in [-0.1, -0.05) is 5.16 Å². The number of hydrogen-bond donors (Lipinski definition) is 2. The Morgan fingerprint density at radius 1 is 1.45 bits per heavy atom. The maximum atomic E-state index is 12.1. The first-order chi connectivity index (χ1) is 10.7. The third kappa shape index (κ3) is 4.13. The van der Waals surface area contributed by atoms with E-state index in [0.717, 1.165) is 4.79 Å². The highest BCUT2D eigenvalue weighted by Gasteiger charge is 2.17. The van der Waals surface area contributed by atoms with Crippen molar-refractivity contribution in [1.29, 1.82) is 0 Å². The molecule has 2 N–H and O–H groups in total. The summed E-state index contributed by atoms with van der Waals surface area (Å²) in [7, 11) is 0. The smallest absolute Gasteiger partial charge is 0.347 e. The van der Waals surface area contributed by atoms with Crippen molar-refractivity contribution in [3.05, 3.63) is 30.4 Å². The third-order valence-corrected chi connectivity index (χ3v) is 2.25. The largest absolute Gasteiger partial charge is 0.463 e. The standard InChI is InChI=1S/C11H13N7O4/c1-2-21-9(19)7-22-16-10(8-3-4-12-14-8)11(20)15-18-6-5-13-17-18/h3-6H,2,7H2,1H3,(H,12,14)(H,15,20)/b16-10+. The zero-order valence-electron chi connectivity index (χ0n) is 11.6. The van der Waals surface area contributed by atoms with Crippen LogP contribution in [0.15, 0.2) is 29.8 Å². The van der Waals surface area contributed by atoms with Gasteiger partial charge in [-0.3, -0.25) is 9.89 Å². The number of carbonyl (C=O) groups excluding carboxylic acids is 2. The van der Waals surface area contributed by atoms with E-state index in [4.69, 9.17) is 4.84 Å². The molecule has 0 fully saturated rings. The van der Waals surface area contributed by atoms with Crippen LogP contribution in [0, 0.1) is 0 Å². The second-order valence-corrected chi connectivity index (χ2v) is 3.78. The zero-order valence-corrected chi connectivity index (χ0v) is 11.6. The molecule has 0 aliphatic rings. The molecule has 0 bridgehead atoms. The van der Waals surface area contributed by atoms with Crippen molar-refractivity contribution in [3.63, 3.8) is 0 Å². The molecule has 0 saturated heterocycles. The summed E-state index contributed by atoms with van der Waals surface area (Å²) in [5.74, 6) is -1.22. The van der Waals surface area contributed by atoms with Crippen molar-refractivity contribution in [2.24, 2.45) is 5.16 Å². The van der Waals surface area contributed by atoms with Crippen molar-refractivity contribution in [2.45, 2.75) is 6.92 Å². The van der Waals surface area contributed by atoms with E-state index in [2.05, 4.69) is 35.8 Å². The normalized spacial score (nSPS) is 11.0. The first kappa shape index (κ1) is 15.2. The molecule has 0 atom stereocenters. The molecule has 2 heterocycles. The lowest BCUT2D eigenvalue weighted by Gasteiger charge is -2.06. The molecule has 0 radical (unpaired) electrons. The van der Waals surface area contributed by atoms with E-state index >= 15 is 0 Å². The summed E-state index contributed by atoms with van der Waals surface area (Å²) >= 11 is 0. The number of hydrogen-bond acceptors (Lipinski definition) is 8. The number of rotatable bonds is 7. The second kappa shape index (κ2) is 7.52. The number of esters is 1. The van der Waals surface area contributed by atoms with Crippen LogP contribution in [0.25, 0.3) is 0 Å². The molecule has 2 rings (SSSR count). The van der Waals surface area contributed by atoms with Gasteiger partial charge in [0.15, 0.2) is 5.71 Å². The van der Waals surface area contributed by atoms with Crippen molar-refractivity contribution in [2.75, 3.05) is 18.6 Å². The topological polar surface area (TPSA) is 136 Å². The molecule has 0 saturated carbocycles. The van der Waals surface area contributed by atoms with Crippen LogP contribution in [0.1, 0.15) is 12.6 Å². The molecule has 0 aliphatic carbocycles. The minimum absolute atomic E-state index is 0.114. The zero-order chi connectivity index (χ0) is 15.8. The highest BCUT2D eigenvalue weighted by Crippen LogP contribution is 1.98. The molecule has 0 aliphatic heterocycles. The Morgan fingerprint density at radius 3 is 2.95 bits per heavy atom. The Morgan fingerprint density at radius 2 is 2.32 bits per heavy atom. The molecule has 2 aromatic heterocycles. The molecule has 11 heteroatoms. The van der Waals surface area contributed by atoms with Crippen LogP contribution >= 0.6 is 0 Å². The molecular weight excluding hydrogens is 294 g/mol. The average Bonchev–Trinajstić information content (AvgIpc) is 3.17. The second-order valence-electron chi connectivity index (χ2n) is 3.78. The summed E-state index contributed by atoms with van der Waals surface area (Å²) in [5.41, 5.74) is 2.60. The van der Waals surface area contributed by atoms with Crippen LogP contribution in [-0.4, -0.2) is 56.1 Å². The maximum absolute atomic E-state index is 12.1. The minimum atomic E-state index is -0.626. The summed E-state index contributed by atoms with van der Waals surface area (Å²) in [6.45, 7) is 1.48. The summed E-state index contributed by atoms with van der Waals surface area (Å²) < 4.78 is 4.68. The summed E-state index contributed by atoms with van der Waals surface area (Å²) in [4.78, 5) is 29.2. The first-order valence-electron chi connectivity index (χ1n) is 6.23. The van der Waals surface area contributed by atoms with Crippen LogP contribution in [0.4, 0.5) is 0 Å². The van der Waals surface area contributed by atoms with Crippen molar-refractivity contribution in [3.8, 4) is 0 Å². The van der Waals surface area contributed by atoms with Crippen molar-refractivity contribution in [1.82, 2.24) is 25.3 Å². The lowest BCUT2D eigenvalue weighted by atomic mass is 10.2. The molecule has 0 aromatic carbocycles. The van der Waals surface area contributed by atoms with Gasteiger partial charge in [0.2, 0.25) is 6.61 Å². The first-order valence-corrected chi connectivity index (χ1v) is 6.23. The maximum Gasteiger partial charge on any atom is 0.347 e. The molecule has 116 valence electrons. The molecule has 22 heavy (non-hydrogen) atoms. The molecule has 0 spiro atoms. The predicted molar refractivity (Wildman–Crippen MR) is 72.1 cm³/mol. The predicted octanol–water partition coefficient (Wildman–Crippen LogP) is -0.945. The molecule has 1 amide bonds. The summed E-state index contributed by atoms with van der Waals surface area (Å²) in [5, 5.41) is 17.1. The fourth-order valence-electron chi connectivity index (χ4n) is 1.38. The van der Waals surface area contributed by atoms with E-state index in [1.807, 2.05) is 0 Å². The number of nitrogens with zero attached hydrogens (tertiary/aromatic N) is 5. The van der Waals surface area contributed by atoms with Crippen molar-refractivity contribution < 1.29 is 19.2 Å². The summed E-state index contributed by atoms with van der Waals surface area (Å²) in [6, 6.07) is 1.52.